The predicted octanol–water partition coefficient (Wildman–Crippen LogP) is 11.0. The summed E-state index contributed by atoms with van der Waals surface area (Å²) in [4.78, 5) is 0. The van der Waals surface area contributed by atoms with E-state index < -0.39 is 16.5 Å². The van der Waals surface area contributed by atoms with Crippen molar-refractivity contribution in [3.63, 3.8) is 0 Å². The fourth-order valence-corrected chi connectivity index (χ4v) is 19.5. The van der Waals surface area contributed by atoms with E-state index in [0.29, 0.717) is 0 Å². The lowest BCUT2D eigenvalue weighted by molar-refractivity contribution is 0.421. The summed E-state index contributed by atoms with van der Waals surface area (Å²) in [5, 5.41) is 0. The Kier molecular flexibility index (Phi) is 14.5. The molecule has 0 atom stereocenters. The van der Waals surface area contributed by atoms with Crippen LogP contribution in [-0.4, -0.2) is 25.6 Å². The second kappa shape index (κ2) is 15.6. The van der Waals surface area contributed by atoms with Crippen LogP contribution in [0.15, 0.2) is 22.8 Å². The van der Waals surface area contributed by atoms with E-state index in [1.807, 2.05) is 0 Å². The van der Waals surface area contributed by atoms with Gasteiger partial charge in [0, 0.05) is 22.8 Å². The minimum atomic E-state index is -1.62. The first-order chi connectivity index (χ1) is 16.4. The normalized spacial score (nSPS) is 15.7. The van der Waals surface area contributed by atoms with E-state index in [4.69, 9.17) is 0 Å². The Bertz CT molecular complexity index is 534. The molecule has 0 aromatic heterocycles. The van der Waals surface area contributed by atoms with Crippen molar-refractivity contribution in [1.82, 2.24) is 9.13 Å². The van der Waals surface area contributed by atoms with Crippen LogP contribution in [0.1, 0.15) is 133 Å². The first-order valence-corrected chi connectivity index (χ1v) is 20.6. The van der Waals surface area contributed by atoms with Gasteiger partial charge in [-0.25, -0.2) is 0 Å². The molecule has 0 bridgehead atoms. The highest BCUT2D eigenvalue weighted by Crippen LogP contribution is 2.48. The highest BCUT2D eigenvalue weighted by atomic mass is 28.3. The van der Waals surface area contributed by atoms with E-state index in [1.165, 1.54) is 100 Å². The van der Waals surface area contributed by atoms with Crippen molar-refractivity contribution >= 4 is 16.5 Å². The Morgan fingerprint density at radius 1 is 0.353 bits per heavy atom. The molecule has 0 spiro atoms. The third kappa shape index (κ3) is 6.44. The maximum atomic E-state index is 3.13. The molecule has 200 valence electrons. The molecule has 1 aliphatic rings. The van der Waals surface area contributed by atoms with Crippen LogP contribution in [0.4, 0.5) is 0 Å². The average Bonchev–Trinajstić information content (AvgIpc) is 2.82. The maximum Gasteiger partial charge on any atom is 0.161 e. The van der Waals surface area contributed by atoms with Crippen molar-refractivity contribution in [2.24, 2.45) is 0 Å². The molecule has 34 heavy (non-hydrogen) atoms. The van der Waals surface area contributed by atoms with Crippen molar-refractivity contribution in [3.05, 3.63) is 22.8 Å². The molecule has 0 aromatic carbocycles. The Labute approximate surface area is 217 Å². The van der Waals surface area contributed by atoms with Gasteiger partial charge >= 0.3 is 0 Å². The Hall–Kier alpha value is -0.486. The maximum absolute atomic E-state index is 3.13. The molecule has 2 nitrogen and oxygen atoms in total. The quantitative estimate of drug-likeness (QED) is 0.170. The van der Waals surface area contributed by atoms with Gasteiger partial charge in [0.1, 0.15) is 0 Å². The van der Waals surface area contributed by atoms with Gasteiger partial charge < -0.3 is 9.13 Å². The summed E-state index contributed by atoms with van der Waals surface area (Å²) in [5.41, 5.74) is 7.00. The lowest BCUT2D eigenvalue weighted by Gasteiger charge is -2.57. The number of allylic oxidation sites excluding steroid dienone is 4. The third-order valence-corrected chi connectivity index (χ3v) is 19.9. The summed E-state index contributed by atoms with van der Waals surface area (Å²) in [5.74, 6) is 0. The van der Waals surface area contributed by atoms with Gasteiger partial charge in [-0.2, -0.15) is 0 Å². The van der Waals surface area contributed by atoms with Crippen LogP contribution < -0.4 is 0 Å². The number of hydrogen-bond donors (Lipinski definition) is 0. The van der Waals surface area contributed by atoms with Crippen molar-refractivity contribution in [1.29, 1.82) is 0 Å². The van der Waals surface area contributed by atoms with Gasteiger partial charge in [-0.05, 0) is 61.9 Å². The predicted molar refractivity (Wildman–Crippen MR) is 161 cm³/mol. The Morgan fingerprint density at radius 2 is 0.529 bits per heavy atom. The SMILES string of the molecule is CCC[Si](CCC)(CCC)N1C(CC)=C(CC)N([Si](CCC)(CCC)CCC)C(CC)=C1CC. The van der Waals surface area contributed by atoms with Gasteiger partial charge in [-0.1, -0.05) is 108 Å². The molecule has 0 aliphatic carbocycles. The second-order valence-corrected chi connectivity index (χ2v) is 19.6. The fraction of sp³-hybridized carbons (Fsp3) is 0.867. The molecule has 1 aliphatic heterocycles. The monoisotopic (exact) mass is 506 g/mol. The van der Waals surface area contributed by atoms with Gasteiger partial charge in [0.15, 0.2) is 16.5 Å². The zero-order chi connectivity index (χ0) is 25.8. The summed E-state index contributed by atoms with van der Waals surface area (Å²) in [7, 11) is -3.23. The van der Waals surface area contributed by atoms with Crippen LogP contribution in [-0.2, 0) is 0 Å². The summed E-state index contributed by atoms with van der Waals surface area (Å²) in [6.45, 7) is 24.5. The molecular formula is C30H62N2Si2. The third-order valence-electron chi connectivity index (χ3n) is 8.33. The van der Waals surface area contributed by atoms with Gasteiger partial charge in [0.2, 0.25) is 0 Å². The molecule has 0 N–H and O–H groups in total. The first-order valence-electron chi connectivity index (χ1n) is 15.4. The van der Waals surface area contributed by atoms with Crippen LogP contribution in [0, 0.1) is 0 Å². The zero-order valence-corrected chi connectivity index (χ0v) is 27.2. The molecular weight excluding hydrogens is 445 g/mol. The minimum absolute atomic E-state index is 1.20. The van der Waals surface area contributed by atoms with E-state index in [-0.39, 0.29) is 0 Å². The minimum Gasteiger partial charge on any atom is -0.372 e. The number of hydrogen-bond acceptors (Lipinski definition) is 2. The van der Waals surface area contributed by atoms with Gasteiger partial charge in [-0.3, -0.25) is 0 Å². The number of nitrogens with zero attached hydrogens (tertiary/aromatic N) is 2. The summed E-state index contributed by atoms with van der Waals surface area (Å²) in [6, 6.07) is 8.73. The number of rotatable bonds is 18. The lowest BCUT2D eigenvalue weighted by atomic mass is 10.1. The lowest BCUT2D eigenvalue weighted by Crippen LogP contribution is -2.59. The first kappa shape index (κ1) is 31.5. The second-order valence-electron chi connectivity index (χ2n) is 10.8. The standard InChI is InChI=1S/C30H62N2Si2/c1-11-21-33(22-12-2,23-13-3)31-27(17-7)29(19-9)32(30(20-10)28(31)18-8)34(24-14-4,25-15-5)26-16-6/h11-26H2,1-10H3. The van der Waals surface area contributed by atoms with Crippen LogP contribution in [0.5, 0.6) is 0 Å². The van der Waals surface area contributed by atoms with E-state index in [0.717, 1.165) is 0 Å². The summed E-state index contributed by atoms with van der Waals surface area (Å²) >= 11 is 0. The molecule has 4 heteroatoms. The smallest absolute Gasteiger partial charge is 0.161 e. The van der Waals surface area contributed by atoms with Gasteiger partial charge in [0.05, 0.1) is 0 Å². The summed E-state index contributed by atoms with van der Waals surface area (Å²) in [6.07, 6.45) is 12.8. The zero-order valence-electron chi connectivity index (χ0n) is 25.2. The highest BCUT2D eigenvalue weighted by molar-refractivity contribution is 6.79. The molecule has 0 radical (unpaired) electrons. The van der Waals surface area contributed by atoms with Crippen LogP contribution in [0.2, 0.25) is 36.3 Å². The van der Waals surface area contributed by atoms with E-state index >= 15 is 0 Å². The Balaban J connectivity index is 4.06. The van der Waals surface area contributed by atoms with Gasteiger partial charge in [-0.15, -0.1) is 0 Å². The molecule has 0 fully saturated rings. The fourth-order valence-electron chi connectivity index (χ4n) is 7.65. The van der Waals surface area contributed by atoms with E-state index in [2.05, 4.69) is 78.4 Å². The molecule has 0 aromatic rings. The highest BCUT2D eigenvalue weighted by Gasteiger charge is 2.48. The van der Waals surface area contributed by atoms with Gasteiger partial charge in [0.25, 0.3) is 0 Å². The topological polar surface area (TPSA) is 6.48 Å². The molecule has 0 unspecified atom stereocenters. The Morgan fingerprint density at radius 3 is 0.647 bits per heavy atom. The molecule has 1 heterocycles. The molecule has 0 saturated carbocycles. The van der Waals surface area contributed by atoms with E-state index in [9.17, 15) is 0 Å². The van der Waals surface area contributed by atoms with Crippen molar-refractivity contribution < 1.29 is 0 Å². The van der Waals surface area contributed by atoms with Crippen molar-refractivity contribution in [2.45, 2.75) is 170 Å². The van der Waals surface area contributed by atoms with Crippen molar-refractivity contribution in [2.75, 3.05) is 0 Å². The van der Waals surface area contributed by atoms with Crippen molar-refractivity contribution in [3.8, 4) is 0 Å². The molecule has 0 saturated heterocycles. The average molecular weight is 507 g/mol. The largest absolute Gasteiger partial charge is 0.372 e. The van der Waals surface area contributed by atoms with Crippen LogP contribution >= 0.6 is 0 Å². The summed E-state index contributed by atoms with van der Waals surface area (Å²) < 4.78 is 6.25. The molecule has 0 amide bonds. The van der Waals surface area contributed by atoms with Crippen LogP contribution in [0.3, 0.4) is 0 Å². The molecule has 1 rings (SSSR count). The van der Waals surface area contributed by atoms with Crippen LogP contribution in [0.25, 0.3) is 0 Å². The van der Waals surface area contributed by atoms with E-state index in [1.54, 1.807) is 22.8 Å².